The molecular formula is C15H16BrClN2O2. The van der Waals surface area contributed by atoms with Crippen LogP contribution in [0.5, 0.6) is 5.75 Å². The van der Waals surface area contributed by atoms with Crippen molar-refractivity contribution in [1.82, 2.24) is 5.32 Å². The first-order valence-corrected chi connectivity index (χ1v) is 8.02. The summed E-state index contributed by atoms with van der Waals surface area (Å²) in [5.41, 5.74) is -0.734. The van der Waals surface area contributed by atoms with E-state index >= 15 is 0 Å². The van der Waals surface area contributed by atoms with Crippen molar-refractivity contribution in [2.45, 2.75) is 37.6 Å². The zero-order valence-corrected chi connectivity index (χ0v) is 13.8. The van der Waals surface area contributed by atoms with E-state index < -0.39 is 5.54 Å². The highest BCUT2D eigenvalue weighted by Gasteiger charge is 2.33. The van der Waals surface area contributed by atoms with E-state index in [1.54, 1.807) is 18.2 Å². The van der Waals surface area contributed by atoms with Gasteiger partial charge < -0.3 is 10.1 Å². The average molecular weight is 372 g/mol. The molecule has 1 N–H and O–H groups in total. The fourth-order valence-corrected chi connectivity index (χ4v) is 3.19. The predicted octanol–water partition coefficient (Wildman–Crippen LogP) is 3.82. The molecule has 1 saturated carbocycles. The SMILES string of the molecule is N#CC1(NC(=O)COc2ccc(Br)cc2Cl)CCCCC1. The standard InChI is InChI=1S/C15H16BrClN2O2/c16-11-4-5-13(12(17)8-11)21-9-14(20)19-15(10-18)6-2-1-3-7-15/h4-5,8H,1-3,6-7,9H2,(H,19,20). The van der Waals surface area contributed by atoms with E-state index in [4.69, 9.17) is 16.3 Å². The summed E-state index contributed by atoms with van der Waals surface area (Å²) in [4.78, 5) is 12.0. The maximum absolute atomic E-state index is 12.0. The molecule has 0 spiro atoms. The highest BCUT2D eigenvalue weighted by Crippen LogP contribution is 2.29. The van der Waals surface area contributed by atoms with Crippen molar-refractivity contribution in [3.8, 4) is 11.8 Å². The van der Waals surface area contributed by atoms with Gasteiger partial charge in [-0.25, -0.2) is 0 Å². The summed E-state index contributed by atoms with van der Waals surface area (Å²) in [6, 6.07) is 7.43. The van der Waals surface area contributed by atoms with Gasteiger partial charge in [0.05, 0.1) is 11.1 Å². The molecule has 1 aromatic carbocycles. The van der Waals surface area contributed by atoms with E-state index in [1.165, 1.54) is 0 Å². The minimum atomic E-state index is -0.734. The van der Waals surface area contributed by atoms with Gasteiger partial charge in [-0.3, -0.25) is 4.79 Å². The highest BCUT2D eigenvalue weighted by atomic mass is 79.9. The number of nitrogens with one attached hydrogen (secondary N) is 1. The van der Waals surface area contributed by atoms with E-state index in [1.807, 2.05) is 0 Å². The topological polar surface area (TPSA) is 62.1 Å². The quantitative estimate of drug-likeness (QED) is 0.875. The molecule has 6 heteroatoms. The van der Waals surface area contributed by atoms with Crippen molar-refractivity contribution < 1.29 is 9.53 Å². The number of hydrogen-bond acceptors (Lipinski definition) is 3. The molecule has 0 saturated heterocycles. The lowest BCUT2D eigenvalue weighted by molar-refractivity contribution is -0.124. The monoisotopic (exact) mass is 370 g/mol. The van der Waals surface area contributed by atoms with Crippen LogP contribution in [0.3, 0.4) is 0 Å². The molecule has 112 valence electrons. The summed E-state index contributed by atoms with van der Waals surface area (Å²) in [7, 11) is 0. The average Bonchev–Trinajstić information content (AvgIpc) is 2.47. The summed E-state index contributed by atoms with van der Waals surface area (Å²) < 4.78 is 6.25. The summed E-state index contributed by atoms with van der Waals surface area (Å²) in [5, 5.41) is 12.6. The molecule has 0 bridgehead atoms. The predicted molar refractivity (Wildman–Crippen MR) is 84.2 cm³/mol. The van der Waals surface area contributed by atoms with E-state index in [0.717, 1.165) is 23.7 Å². The third-order valence-corrected chi connectivity index (χ3v) is 4.34. The Labute approximate surface area is 137 Å². The van der Waals surface area contributed by atoms with Gasteiger partial charge in [0.15, 0.2) is 6.61 Å². The number of amides is 1. The van der Waals surface area contributed by atoms with E-state index in [-0.39, 0.29) is 12.5 Å². The molecule has 2 rings (SSSR count). The summed E-state index contributed by atoms with van der Waals surface area (Å²) in [6.07, 6.45) is 4.45. The van der Waals surface area contributed by atoms with Gasteiger partial charge in [-0.15, -0.1) is 0 Å². The second-order valence-corrected chi connectivity index (χ2v) is 6.49. The van der Waals surface area contributed by atoms with Crippen LogP contribution >= 0.6 is 27.5 Å². The number of rotatable bonds is 4. The molecule has 1 amide bonds. The molecule has 0 radical (unpaired) electrons. The van der Waals surface area contributed by atoms with Crippen LogP contribution < -0.4 is 10.1 Å². The summed E-state index contributed by atoms with van der Waals surface area (Å²) >= 11 is 9.32. The van der Waals surface area contributed by atoms with Gasteiger partial charge in [0.1, 0.15) is 11.3 Å². The summed E-state index contributed by atoms with van der Waals surface area (Å²) in [5.74, 6) is 0.155. The van der Waals surface area contributed by atoms with E-state index in [9.17, 15) is 10.1 Å². The van der Waals surface area contributed by atoms with Crippen molar-refractivity contribution in [2.75, 3.05) is 6.61 Å². The zero-order valence-electron chi connectivity index (χ0n) is 11.5. The van der Waals surface area contributed by atoms with Crippen LogP contribution in [-0.2, 0) is 4.79 Å². The number of halogens is 2. The van der Waals surface area contributed by atoms with Gasteiger partial charge in [0.2, 0.25) is 0 Å². The first kappa shape index (κ1) is 16.1. The molecule has 0 unspecified atom stereocenters. The molecule has 1 aliphatic rings. The lowest BCUT2D eigenvalue weighted by Gasteiger charge is -2.31. The maximum Gasteiger partial charge on any atom is 0.259 e. The Kier molecular flexibility index (Phi) is 5.49. The second kappa shape index (κ2) is 7.15. The van der Waals surface area contributed by atoms with Crippen molar-refractivity contribution in [1.29, 1.82) is 5.26 Å². The van der Waals surface area contributed by atoms with E-state index in [2.05, 4.69) is 27.3 Å². The highest BCUT2D eigenvalue weighted by molar-refractivity contribution is 9.10. The number of carbonyl (C=O) groups excluding carboxylic acids is 1. The van der Waals surface area contributed by atoms with Crippen LogP contribution in [0.15, 0.2) is 22.7 Å². The Balaban J connectivity index is 1.91. The largest absolute Gasteiger partial charge is 0.482 e. The number of ether oxygens (including phenoxy) is 1. The number of nitrogens with zero attached hydrogens (tertiary/aromatic N) is 1. The summed E-state index contributed by atoms with van der Waals surface area (Å²) in [6.45, 7) is -0.148. The molecule has 21 heavy (non-hydrogen) atoms. The molecule has 4 nitrogen and oxygen atoms in total. The lowest BCUT2D eigenvalue weighted by atomic mass is 9.83. The van der Waals surface area contributed by atoms with Crippen LogP contribution in [0.2, 0.25) is 5.02 Å². The van der Waals surface area contributed by atoms with Crippen molar-refractivity contribution in [2.24, 2.45) is 0 Å². The van der Waals surface area contributed by atoms with Gasteiger partial charge in [0.25, 0.3) is 5.91 Å². The van der Waals surface area contributed by atoms with Crippen molar-refractivity contribution in [3.63, 3.8) is 0 Å². The third-order valence-electron chi connectivity index (χ3n) is 3.55. The Morgan fingerprint density at radius 3 is 2.76 bits per heavy atom. The number of carbonyl (C=O) groups is 1. The Hall–Kier alpha value is -1.25. The zero-order chi connectivity index (χ0) is 15.3. The Bertz CT molecular complexity index is 565. The Morgan fingerprint density at radius 1 is 1.43 bits per heavy atom. The number of benzene rings is 1. The molecular weight excluding hydrogens is 356 g/mol. The van der Waals surface area contributed by atoms with Gasteiger partial charge in [-0.2, -0.15) is 5.26 Å². The molecule has 1 fully saturated rings. The normalized spacial score (nSPS) is 16.8. The fourth-order valence-electron chi connectivity index (χ4n) is 2.46. The molecule has 1 aliphatic carbocycles. The first-order valence-electron chi connectivity index (χ1n) is 6.85. The Morgan fingerprint density at radius 2 is 2.14 bits per heavy atom. The second-order valence-electron chi connectivity index (χ2n) is 5.17. The fraction of sp³-hybridized carbons (Fsp3) is 0.467. The number of nitriles is 1. The van der Waals surface area contributed by atoms with Crippen LogP contribution in [0.1, 0.15) is 32.1 Å². The third kappa shape index (κ3) is 4.36. The smallest absolute Gasteiger partial charge is 0.259 e. The van der Waals surface area contributed by atoms with Crippen molar-refractivity contribution in [3.05, 3.63) is 27.7 Å². The maximum atomic E-state index is 12.0. The van der Waals surface area contributed by atoms with E-state index in [0.29, 0.717) is 23.6 Å². The van der Waals surface area contributed by atoms with Gasteiger partial charge >= 0.3 is 0 Å². The van der Waals surface area contributed by atoms with Gasteiger partial charge in [-0.1, -0.05) is 46.8 Å². The van der Waals surface area contributed by atoms with Crippen LogP contribution in [0, 0.1) is 11.3 Å². The minimum Gasteiger partial charge on any atom is -0.482 e. The molecule has 0 atom stereocenters. The molecule has 1 aromatic rings. The van der Waals surface area contributed by atoms with Crippen molar-refractivity contribution >= 4 is 33.4 Å². The molecule has 0 aromatic heterocycles. The van der Waals surface area contributed by atoms with Crippen LogP contribution in [0.25, 0.3) is 0 Å². The minimum absolute atomic E-state index is 0.148. The first-order chi connectivity index (χ1) is 10.0. The van der Waals surface area contributed by atoms with Gasteiger partial charge in [-0.05, 0) is 31.0 Å². The molecule has 0 aliphatic heterocycles. The molecule has 0 heterocycles. The van der Waals surface area contributed by atoms with Crippen LogP contribution in [0.4, 0.5) is 0 Å². The van der Waals surface area contributed by atoms with Crippen LogP contribution in [-0.4, -0.2) is 18.1 Å². The van der Waals surface area contributed by atoms with Gasteiger partial charge in [0, 0.05) is 4.47 Å². The lowest BCUT2D eigenvalue weighted by Crippen LogP contribution is -2.50. The number of hydrogen-bond donors (Lipinski definition) is 1.